The summed E-state index contributed by atoms with van der Waals surface area (Å²) in [6.07, 6.45) is 0.978. The molecule has 7 heteroatoms. The molecule has 2 atom stereocenters. The molecule has 2 rings (SSSR count). The van der Waals surface area contributed by atoms with Gasteiger partial charge >= 0.3 is 0 Å². The molecule has 3 N–H and O–H groups in total. The summed E-state index contributed by atoms with van der Waals surface area (Å²) in [4.78, 5) is 2.03. The molecule has 0 radical (unpaired) electrons. The summed E-state index contributed by atoms with van der Waals surface area (Å²) in [7, 11) is -1.05. The Bertz CT molecular complexity index is 601. The average molecular weight is 311 g/mol. The van der Waals surface area contributed by atoms with E-state index in [4.69, 9.17) is 10.9 Å². The van der Waals surface area contributed by atoms with E-state index in [1.807, 2.05) is 42.3 Å². The van der Waals surface area contributed by atoms with E-state index in [-0.39, 0.29) is 29.4 Å². The highest BCUT2D eigenvalue weighted by Gasteiger charge is 2.34. The molecule has 1 saturated heterocycles. The van der Waals surface area contributed by atoms with Gasteiger partial charge < -0.3 is 10.9 Å². The Morgan fingerprint density at radius 2 is 2.14 bits per heavy atom. The minimum Gasteiger partial charge on any atom is -0.409 e. The van der Waals surface area contributed by atoms with Crippen LogP contribution in [0.25, 0.3) is 0 Å². The average Bonchev–Trinajstić information content (AvgIpc) is 2.85. The Morgan fingerprint density at radius 3 is 2.67 bits per heavy atom. The lowest BCUT2D eigenvalue weighted by molar-refractivity contribution is 0.190. The number of amidine groups is 1. The van der Waals surface area contributed by atoms with E-state index in [0.29, 0.717) is 12.8 Å². The molecular formula is C14H21N3O3S. The van der Waals surface area contributed by atoms with Crippen LogP contribution in [0, 0.1) is 0 Å². The molecule has 2 unspecified atom stereocenters. The molecule has 21 heavy (non-hydrogen) atoms. The molecule has 6 nitrogen and oxygen atoms in total. The highest BCUT2D eigenvalue weighted by atomic mass is 32.2. The predicted molar refractivity (Wildman–Crippen MR) is 82.0 cm³/mol. The molecule has 1 heterocycles. The number of rotatable bonds is 5. The van der Waals surface area contributed by atoms with Gasteiger partial charge in [-0.15, -0.1) is 0 Å². The van der Waals surface area contributed by atoms with Crippen molar-refractivity contribution < 1.29 is 13.6 Å². The summed E-state index contributed by atoms with van der Waals surface area (Å²) in [6.45, 7) is 0. The zero-order valence-corrected chi connectivity index (χ0v) is 12.8. The highest BCUT2D eigenvalue weighted by molar-refractivity contribution is 7.91. The van der Waals surface area contributed by atoms with Crippen molar-refractivity contribution in [3.05, 3.63) is 35.9 Å². The molecule has 0 spiro atoms. The molecule has 0 aromatic heterocycles. The summed E-state index contributed by atoms with van der Waals surface area (Å²) in [5, 5.41) is 11.9. The lowest BCUT2D eigenvalue weighted by Crippen LogP contribution is -2.38. The molecule has 1 aromatic carbocycles. The number of nitrogens with zero attached hydrogens (tertiary/aromatic N) is 2. The van der Waals surface area contributed by atoms with Crippen molar-refractivity contribution in [1.82, 2.24) is 4.90 Å². The molecule has 116 valence electrons. The maximum Gasteiger partial charge on any atom is 0.151 e. The lowest BCUT2D eigenvalue weighted by atomic mass is 10.00. The Labute approximate surface area is 125 Å². The number of oxime groups is 1. The third kappa shape index (κ3) is 3.95. The second-order valence-corrected chi connectivity index (χ2v) is 7.67. The summed E-state index contributed by atoms with van der Waals surface area (Å²) in [6, 6.07) is 9.56. The van der Waals surface area contributed by atoms with E-state index >= 15 is 0 Å². The van der Waals surface area contributed by atoms with Gasteiger partial charge in [-0.05, 0) is 19.0 Å². The first-order chi connectivity index (χ1) is 9.93. The van der Waals surface area contributed by atoms with Crippen LogP contribution >= 0.6 is 0 Å². The zero-order valence-electron chi connectivity index (χ0n) is 12.0. The van der Waals surface area contributed by atoms with E-state index in [1.165, 1.54) is 0 Å². The van der Waals surface area contributed by atoms with E-state index in [0.717, 1.165) is 5.56 Å². The summed E-state index contributed by atoms with van der Waals surface area (Å²) < 4.78 is 23.3. The van der Waals surface area contributed by atoms with Crippen LogP contribution in [0.5, 0.6) is 0 Å². The van der Waals surface area contributed by atoms with Crippen LogP contribution in [0.1, 0.15) is 24.4 Å². The van der Waals surface area contributed by atoms with Crippen molar-refractivity contribution >= 4 is 15.7 Å². The Balaban J connectivity index is 2.23. The SMILES string of the molecule is CN(C1CCS(=O)(=O)C1)C(CC(N)=NO)c1ccccc1. The molecular weight excluding hydrogens is 290 g/mol. The van der Waals surface area contributed by atoms with Gasteiger partial charge in [0.05, 0.1) is 11.5 Å². The second-order valence-electron chi connectivity index (χ2n) is 5.44. The van der Waals surface area contributed by atoms with E-state index in [1.54, 1.807) is 0 Å². The third-order valence-corrected chi connectivity index (χ3v) is 5.74. The number of sulfone groups is 1. The van der Waals surface area contributed by atoms with Gasteiger partial charge in [0, 0.05) is 18.5 Å². The van der Waals surface area contributed by atoms with Gasteiger partial charge in [-0.2, -0.15) is 0 Å². The first-order valence-corrected chi connectivity index (χ1v) is 8.69. The second kappa shape index (κ2) is 6.44. The van der Waals surface area contributed by atoms with Gasteiger partial charge in [0.15, 0.2) is 9.84 Å². The van der Waals surface area contributed by atoms with Gasteiger partial charge in [-0.25, -0.2) is 8.42 Å². The van der Waals surface area contributed by atoms with Crippen LogP contribution in [0.3, 0.4) is 0 Å². The maximum atomic E-state index is 11.7. The summed E-state index contributed by atoms with van der Waals surface area (Å²) in [5.74, 6) is 0.535. The van der Waals surface area contributed by atoms with Crippen LogP contribution < -0.4 is 5.73 Å². The molecule has 1 aromatic rings. The summed E-state index contributed by atoms with van der Waals surface area (Å²) >= 11 is 0. The Kier molecular flexibility index (Phi) is 4.84. The van der Waals surface area contributed by atoms with Crippen molar-refractivity contribution in [1.29, 1.82) is 0 Å². The number of benzene rings is 1. The monoisotopic (exact) mass is 311 g/mol. The minimum absolute atomic E-state index is 0.0355. The van der Waals surface area contributed by atoms with E-state index in [2.05, 4.69) is 5.16 Å². The van der Waals surface area contributed by atoms with Gasteiger partial charge in [0.25, 0.3) is 0 Å². The first-order valence-electron chi connectivity index (χ1n) is 6.86. The molecule has 0 aliphatic carbocycles. The number of hydrogen-bond donors (Lipinski definition) is 2. The Morgan fingerprint density at radius 1 is 1.48 bits per heavy atom. The van der Waals surface area contributed by atoms with Crippen LogP contribution in [0.4, 0.5) is 0 Å². The Hall–Kier alpha value is -1.60. The van der Waals surface area contributed by atoms with Gasteiger partial charge in [-0.1, -0.05) is 35.5 Å². The normalized spacial score (nSPS) is 23.3. The fourth-order valence-electron chi connectivity index (χ4n) is 2.76. The maximum absolute atomic E-state index is 11.7. The van der Waals surface area contributed by atoms with Gasteiger partial charge in [0.2, 0.25) is 0 Å². The molecule has 0 saturated carbocycles. The standard InChI is InChI=1S/C14H21N3O3S/c1-17(12-7-8-21(19,20)10-12)13(9-14(15)16-18)11-5-3-2-4-6-11/h2-6,12-13,18H,7-10H2,1H3,(H2,15,16). The van der Waals surface area contributed by atoms with Crippen molar-refractivity contribution in [2.45, 2.75) is 24.9 Å². The van der Waals surface area contributed by atoms with E-state index in [9.17, 15) is 8.42 Å². The van der Waals surface area contributed by atoms with Crippen molar-refractivity contribution in [2.24, 2.45) is 10.9 Å². The minimum atomic E-state index is -2.94. The van der Waals surface area contributed by atoms with Crippen molar-refractivity contribution in [3.8, 4) is 0 Å². The lowest BCUT2D eigenvalue weighted by Gasteiger charge is -2.32. The fraction of sp³-hybridized carbons (Fsp3) is 0.500. The van der Waals surface area contributed by atoms with Crippen LogP contribution in [-0.4, -0.2) is 49.0 Å². The zero-order chi connectivity index (χ0) is 15.5. The first kappa shape index (κ1) is 15.8. The largest absolute Gasteiger partial charge is 0.409 e. The third-order valence-electron chi connectivity index (χ3n) is 3.99. The topological polar surface area (TPSA) is 96.0 Å². The van der Waals surface area contributed by atoms with Gasteiger partial charge in [-0.3, -0.25) is 4.90 Å². The molecule has 1 aliphatic heterocycles. The molecule has 1 fully saturated rings. The van der Waals surface area contributed by atoms with Crippen LogP contribution in [0.2, 0.25) is 0 Å². The van der Waals surface area contributed by atoms with Gasteiger partial charge in [0.1, 0.15) is 5.84 Å². The number of nitrogens with two attached hydrogens (primary N) is 1. The number of hydrogen-bond acceptors (Lipinski definition) is 5. The molecule has 0 bridgehead atoms. The molecule has 1 aliphatic rings. The highest BCUT2D eigenvalue weighted by Crippen LogP contribution is 2.29. The predicted octanol–water partition coefficient (Wildman–Crippen LogP) is 0.983. The van der Waals surface area contributed by atoms with E-state index < -0.39 is 9.84 Å². The van der Waals surface area contributed by atoms with Crippen molar-refractivity contribution in [3.63, 3.8) is 0 Å². The fourth-order valence-corrected chi connectivity index (χ4v) is 4.55. The molecule has 0 amide bonds. The van der Waals surface area contributed by atoms with Crippen LogP contribution in [0.15, 0.2) is 35.5 Å². The van der Waals surface area contributed by atoms with Crippen molar-refractivity contribution in [2.75, 3.05) is 18.6 Å². The quantitative estimate of drug-likeness (QED) is 0.366. The summed E-state index contributed by atoms with van der Waals surface area (Å²) in [5.41, 5.74) is 6.68. The van der Waals surface area contributed by atoms with Crippen LogP contribution in [-0.2, 0) is 9.84 Å². The smallest absolute Gasteiger partial charge is 0.151 e.